The highest BCUT2D eigenvalue weighted by Crippen LogP contribution is 2.35. The molecule has 0 fully saturated rings. The van der Waals surface area contributed by atoms with Crippen molar-refractivity contribution < 1.29 is 19.1 Å². The molecule has 4 heteroatoms. The Labute approximate surface area is 92.4 Å². The minimum absolute atomic E-state index is 0.0361. The highest BCUT2D eigenvalue weighted by molar-refractivity contribution is 5.99. The molecule has 16 heavy (non-hydrogen) atoms. The third kappa shape index (κ3) is 1.43. The molecule has 0 aliphatic heterocycles. The predicted molar refractivity (Wildman–Crippen MR) is 59.2 cm³/mol. The predicted octanol–water partition coefficient (Wildman–Crippen LogP) is 2.66. The van der Waals surface area contributed by atoms with Gasteiger partial charge in [0.2, 0.25) is 0 Å². The van der Waals surface area contributed by atoms with Crippen LogP contribution in [0.25, 0.3) is 11.0 Å². The van der Waals surface area contributed by atoms with E-state index in [0.717, 1.165) is 10.9 Å². The molecule has 1 aromatic heterocycles. The molecule has 0 aliphatic carbocycles. The summed E-state index contributed by atoms with van der Waals surface area (Å²) in [5, 5.41) is 10.4. The van der Waals surface area contributed by atoms with Crippen molar-refractivity contribution in [3.05, 3.63) is 23.5 Å². The number of ketones is 1. The van der Waals surface area contributed by atoms with Crippen LogP contribution in [-0.4, -0.2) is 18.0 Å². The molecule has 0 unspecified atom stereocenters. The molecule has 0 aliphatic rings. The van der Waals surface area contributed by atoms with E-state index in [1.54, 1.807) is 19.1 Å². The maximum Gasteiger partial charge on any atom is 0.195 e. The van der Waals surface area contributed by atoms with Crippen LogP contribution in [0, 0.1) is 6.92 Å². The van der Waals surface area contributed by atoms with Crippen LogP contribution in [0.15, 0.2) is 16.5 Å². The Morgan fingerprint density at radius 1 is 1.44 bits per heavy atom. The average Bonchev–Trinajstić information content (AvgIpc) is 2.55. The first-order chi connectivity index (χ1) is 7.54. The SMILES string of the molecule is COc1cc2oc(C(C)=O)c(C)c2cc1O. The number of furan rings is 1. The summed E-state index contributed by atoms with van der Waals surface area (Å²) in [5.74, 6) is 0.556. The number of Topliss-reactive ketones (excluding diaryl/α,β-unsaturated/α-hetero) is 1. The third-order valence-electron chi connectivity index (χ3n) is 2.56. The summed E-state index contributed by atoms with van der Waals surface area (Å²) in [7, 11) is 1.46. The minimum atomic E-state index is -0.132. The normalized spacial score (nSPS) is 10.7. The average molecular weight is 220 g/mol. The number of phenolic OH excluding ortho intramolecular Hbond substituents is 1. The fourth-order valence-corrected chi connectivity index (χ4v) is 1.74. The number of phenols is 1. The van der Waals surface area contributed by atoms with Gasteiger partial charge in [-0.15, -0.1) is 0 Å². The standard InChI is InChI=1S/C12H12O4/c1-6-8-4-9(14)11(15-3)5-10(8)16-12(6)7(2)13/h4-5,14H,1-3H3. The highest BCUT2D eigenvalue weighted by Gasteiger charge is 2.16. The molecule has 1 heterocycles. The van der Waals surface area contributed by atoms with E-state index < -0.39 is 0 Å². The number of ether oxygens (including phenoxy) is 1. The number of carbonyl (C=O) groups excluding carboxylic acids is 1. The van der Waals surface area contributed by atoms with E-state index in [2.05, 4.69) is 0 Å². The van der Waals surface area contributed by atoms with Crippen LogP contribution in [0.1, 0.15) is 23.0 Å². The van der Waals surface area contributed by atoms with E-state index in [1.165, 1.54) is 14.0 Å². The van der Waals surface area contributed by atoms with Gasteiger partial charge in [-0.3, -0.25) is 4.79 Å². The van der Waals surface area contributed by atoms with Crippen LogP contribution >= 0.6 is 0 Å². The number of benzene rings is 1. The van der Waals surface area contributed by atoms with Gasteiger partial charge in [-0.05, 0) is 13.0 Å². The third-order valence-corrected chi connectivity index (χ3v) is 2.56. The second-order valence-corrected chi connectivity index (χ2v) is 3.63. The lowest BCUT2D eigenvalue weighted by Crippen LogP contribution is -1.90. The Morgan fingerprint density at radius 3 is 2.69 bits per heavy atom. The van der Waals surface area contributed by atoms with E-state index >= 15 is 0 Å². The van der Waals surface area contributed by atoms with Crippen molar-refractivity contribution in [2.45, 2.75) is 13.8 Å². The van der Waals surface area contributed by atoms with Gasteiger partial charge in [0, 0.05) is 23.9 Å². The molecule has 0 atom stereocenters. The van der Waals surface area contributed by atoms with Gasteiger partial charge in [0.25, 0.3) is 0 Å². The number of methoxy groups -OCH3 is 1. The number of aryl methyl sites for hydroxylation is 1. The molecule has 1 N–H and O–H groups in total. The van der Waals surface area contributed by atoms with Crippen LogP contribution in [0.3, 0.4) is 0 Å². The van der Waals surface area contributed by atoms with Gasteiger partial charge in [-0.1, -0.05) is 0 Å². The molecular weight excluding hydrogens is 208 g/mol. The Hall–Kier alpha value is -1.97. The molecule has 1 aromatic carbocycles. The molecule has 84 valence electrons. The maximum atomic E-state index is 11.3. The van der Waals surface area contributed by atoms with E-state index in [4.69, 9.17) is 9.15 Å². The Morgan fingerprint density at radius 2 is 2.12 bits per heavy atom. The molecule has 0 amide bonds. The number of fused-ring (bicyclic) bond motifs is 1. The lowest BCUT2D eigenvalue weighted by molar-refractivity contribution is 0.0988. The molecule has 2 rings (SSSR count). The van der Waals surface area contributed by atoms with Gasteiger partial charge in [0.1, 0.15) is 5.58 Å². The van der Waals surface area contributed by atoms with Crippen molar-refractivity contribution in [2.75, 3.05) is 7.11 Å². The van der Waals surface area contributed by atoms with E-state index in [0.29, 0.717) is 17.1 Å². The Kier molecular flexibility index (Phi) is 2.34. The first-order valence-electron chi connectivity index (χ1n) is 4.85. The van der Waals surface area contributed by atoms with Crippen molar-refractivity contribution in [1.82, 2.24) is 0 Å². The maximum absolute atomic E-state index is 11.3. The van der Waals surface area contributed by atoms with Gasteiger partial charge >= 0.3 is 0 Å². The fourth-order valence-electron chi connectivity index (χ4n) is 1.74. The lowest BCUT2D eigenvalue weighted by Gasteiger charge is -2.01. The highest BCUT2D eigenvalue weighted by atomic mass is 16.5. The van der Waals surface area contributed by atoms with Crippen LogP contribution in [0.5, 0.6) is 11.5 Å². The summed E-state index contributed by atoms with van der Waals surface area (Å²) in [6, 6.07) is 3.11. The Bertz CT molecular complexity index is 566. The van der Waals surface area contributed by atoms with Gasteiger partial charge in [-0.25, -0.2) is 0 Å². The Balaban J connectivity index is 2.77. The summed E-state index contributed by atoms with van der Waals surface area (Å²) < 4.78 is 10.4. The summed E-state index contributed by atoms with van der Waals surface area (Å²) in [6.07, 6.45) is 0. The summed E-state index contributed by atoms with van der Waals surface area (Å²) in [6.45, 7) is 3.23. The van der Waals surface area contributed by atoms with Crippen LogP contribution in [-0.2, 0) is 0 Å². The molecule has 4 nitrogen and oxygen atoms in total. The first-order valence-corrected chi connectivity index (χ1v) is 4.85. The summed E-state index contributed by atoms with van der Waals surface area (Å²) in [5.41, 5.74) is 1.28. The number of aromatic hydroxyl groups is 1. The van der Waals surface area contributed by atoms with Gasteiger partial charge in [0.05, 0.1) is 7.11 Å². The quantitative estimate of drug-likeness (QED) is 0.790. The van der Waals surface area contributed by atoms with Gasteiger partial charge < -0.3 is 14.3 Å². The zero-order valence-electron chi connectivity index (χ0n) is 9.33. The van der Waals surface area contributed by atoms with Crippen molar-refractivity contribution in [1.29, 1.82) is 0 Å². The van der Waals surface area contributed by atoms with Crippen LogP contribution < -0.4 is 4.74 Å². The van der Waals surface area contributed by atoms with E-state index in [9.17, 15) is 9.90 Å². The topological polar surface area (TPSA) is 59.7 Å². The van der Waals surface area contributed by atoms with Crippen LogP contribution in [0.4, 0.5) is 0 Å². The second kappa shape index (κ2) is 3.56. The minimum Gasteiger partial charge on any atom is -0.504 e. The number of carbonyl (C=O) groups is 1. The zero-order chi connectivity index (χ0) is 11.9. The van der Waals surface area contributed by atoms with Crippen molar-refractivity contribution in [3.63, 3.8) is 0 Å². The molecule has 2 aromatic rings. The number of rotatable bonds is 2. The van der Waals surface area contributed by atoms with Crippen molar-refractivity contribution >= 4 is 16.8 Å². The zero-order valence-corrected chi connectivity index (χ0v) is 9.33. The summed E-state index contributed by atoms with van der Waals surface area (Å²) >= 11 is 0. The number of hydrogen-bond donors (Lipinski definition) is 1. The van der Waals surface area contributed by atoms with E-state index in [-0.39, 0.29) is 11.5 Å². The largest absolute Gasteiger partial charge is 0.504 e. The molecule has 0 bridgehead atoms. The van der Waals surface area contributed by atoms with Gasteiger partial charge in [-0.2, -0.15) is 0 Å². The second-order valence-electron chi connectivity index (χ2n) is 3.63. The molecule has 0 radical (unpaired) electrons. The first kappa shape index (κ1) is 10.5. The smallest absolute Gasteiger partial charge is 0.195 e. The summed E-state index contributed by atoms with van der Waals surface area (Å²) in [4.78, 5) is 11.3. The van der Waals surface area contributed by atoms with Crippen molar-refractivity contribution in [3.8, 4) is 11.5 Å². The van der Waals surface area contributed by atoms with Gasteiger partial charge in [0.15, 0.2) is 23.0 Å². The van der Waals surface area contributed by atoms with Crippen LogP contribution in [0.2, 0.25) is 0 Å². The lowest BCUT2D eigenvalue weighted by atomic mass is 10.1. The molecular formula is C12H12O4. The molecule has 0 saturated carbocycles. The van der Waals surface area contributed by atoms with E-state index in [1.807, 2.05) is 0 Å². The monoisotopic (exact) mass is 220 g/mol. The molecule has 0 saturated heterocycles. The number of hydrogen-bond acceptors (Lipinski definition) is 4. The molecule has 0 spiro atoms. The van der Waals surface area contributed by atoms with Crippen molar-refractivity contribution in [2.24, 2.45) is 0 Å². The fraction of sp³-hybridized carbons (Fsp3) is 0.250.